The van der Waals surface area contributed by atoms with Crippen molar-refractivity contribution < 1.29 is 13.5 Å². The Balaban J connectivity index is 1.53. The van der Waals surface area contributed by atoms with Gasteiger partial charge in [-0.1, -0.05) is 24.3 Å². The molecule has 0 spiro atoms. The van der Waals surface area contributed by atoms with E-state index in [2.05, 4.69) is 15.0 Å². The molecular weight excluding hydrogens is 350 g/mol. The van der Waals surface area contributed by atoms with E-state index in [0.29, 0.717) is 12.1 Å². The Labute approximate surface area is 155 Å². The maximum absolute atomic E-state index is 12.4. The molecule has 2 aromatic carbocycles. The highest BCUT2D eigenvalue weighted by atomic mass is 19.3. The number of hydrogen-bond donors (Lipinski definition) is 2. The van der Waals surface area contributed by atoms with Gasteiger partial charge >= 0.3 is 6.61 Å². The van der Waals surface area contributed by atoms with Crippen LogP contribution in [0.25, 0.3) is 10.9 Å². The molecule has 140 valence electrons. The van der Waals surface area contributed by atoms with Crippen molar-refractivity contribution in [3.8, 4) is 5.75 Å². The van der Waals surface area contributed by atoms with Crippen LogP contribution in [0.15, 0.2) is 53.3 Å². The van der Waals surface area contributed by atoms with Gasteiger partial charge in [0.15, 0.2) is 0 Å². The van der Waals surface area contributed by atoms with Gasteiger partial charge < -0.3 is 15.0 Å². The highest BCUT2D eigenvalue weighted by Gasteiger charge is 2.21. The molecule has 0 bridgehead atoms. The molecule has 0 saturated heterocycles. The number of H-pyrrole nitrogens is 1. The SMILES string of the molecule is O=c1[nH]c2ccccc2cc1CNC1CCCc2cc(OC(F)F)ccc21. The van der Waals surface area contributed by atoms with Crippen LogP contribution in [-0.4, -0.2) is 11.6 Å². The lowest BCUT2D eigenvalue weighted by Gasteiger charge is -2.27. The number of benzene rings is 2. The molecule has 1 aliphatic carbocycles. The van der Waals surface area contributed by atoms with Gasteiger partial charge in [0.1, 0.15) is 5.75 Å². The zero-order valence-corrected chi connectivity index (χ0v) is 14.7. The van der Waals surface area contributed by atoms with E-state index in [0.717, 1.165) is 41.3 Å². The molecule has 1 unspecified atom stereocenters. The van der Waals surface area contributed by atoms with Gasteiger partial charge in [-0.3, -0.25) is 4.79 Å². The van der Waals surface area contributed by atoms with Crippen LogP contribution in [0.5, 0.6) is 5.75 Å². The number of nitrogens with one attached hydrogen (secondary N) is 2. The van der Waals surface area contributed by atoms with Crippen molar-refractivity contribution in [3.05, 3.63) is 75.6 Å². The van der Waals surface area contributed by atoms with Crippen LogP contribution in [0.2, 0.25) is 0 Å². The van der Waals surface area contributed by atoms with Crippen LogP contribution in [0.4, 0.5) is 8.78 Å². The van der Waals surface area contributed by atoms with Crippen molar-refractivity contribution in [1.82, 2.24) is 10.3 Å². The molecule has 4 nitrogen and oxygen atoms in total. The molecule has 0 amide bonds. The number of aryl methyl sites for hydroxylation is 1. The summed E-state index contributed by atoms with van der Waals surface area (Å²) in [4.78, 5) is 15.2. The van der Waals surface area contributed by atoms with Crippen LogP contribution in [0.3, 0.4) is 0 Å². The smallest absolute Gasteiger partial charge is 0.387 e. The van der Waals surface area contributed by atoms with E-state index < -0.39 is 6.61 Å². The van der Waals surface area contributed by atoms with E-state index >= 15 is 0 Å². The lowest BCUT2D eigenvalue weighted by atomic mass is 9.87. The molecule has 0 aliphatic heterocycles. The van der Waals surface area contributed by atoms with E-state index in [4.69, 9.17) is 0 Å². The largest absolute Gasteiger partial charge is 0.435 e. The number of fused-ring (bicyclic) bond motifs is 2. The Hall–Kier alpha value is -2.73. The molecule has 0 fully saturated rings. The van der Waals surface area contributed by atoms with Crippen molar-refractivity contribution in [1.29, 1.82) is 0 Å². The molecule has 4 rings (SSSR count). The number of alkyl halides is 2. The quantitative estimate of drug-likeness (QED) is 0.704. The average molecular weight is 370 g/mol. The third kappa shape index (κ3) is 3.85. The molecule has 27 heavy (non-hydrogen) atoms. The first-order valence-electron chi connectivity index (χ1n) is 9.02. The standard InChI is InChI=1S/C21H20F2N2O2/c22-21(23)27-16-8-9-17-13(11-16)5-3-7-19(17)24-12-15-10-14-4-1-2-6-18(14)25-20(15)26/h1-2,4,6,8-11,19,21,24H,3,5,7,12H2,(H,25,26). The molecule has 1 heterocycles. The van der Waals surface area contributed by atoms with Gasteiger partial charge in [0.2, 0.25) is 0 Å². The van der Waals surface area contributed by atoms with E-state index in [-0.39, 0.29) is 17.4 Å². The van der Waals surface area contributed by atoms with E-state index in [1.807, 2.05) is 36.4 Å². The molecule has 1 atom stereocenters. The van der Waals surface area contributed by atoms with Crippen LogP contribution in [-0.2, 0) is 13.0 Å². The van der Waals surface area contributed by atoms with Crippen molar-refractivity contribution in [3.63, 3.8) is 0 Å². The second-order valence-electron chi connectivity index (χ2n) is 6.78. The van der Waals surface area contributed by atoms with E-state index in [1.54, 1.807) is 12.1 Å². The fraction of sp³-hybridized carbons (Fsp3) is 0.286. The Morgan fingerprint density at radius 2 is 2.04 bits per heavy atom. The zero-order valence-electron chi connectivity index (χ0n) is 14.7. The Morgan fingerprint density at radius 1 is 1.19 bits per heavy atom. The maximum atomic E-state index is 12.4. The van der Waals surface area contributed by atoms with Crippen molar-refractivity contribution >= 4 is 10.9 Å². The molecule has 1 aliphatic rings. The van der Waals surface area contributed by atoms with Gasteiger partial charge in [-0.05, 0) is 60.0 Å². The summed E-state index contributed by atoms with van der Waals surface area (Å²) in [7, 11) is 0. The molecule has 0 saturated carbocycles. The summed E-state index contributed by atoms with van der Waals surface area (Å²) < 4.78 is 29.3. The fourth-order valence-corrected chi connectivity index (χ4v) is 3.74. The van der Waals surface area contributed by atoms with Crippen molar-refractivity contribution in [2.24, 2.45) is 0 Å². The first kappa shape index (κ1) is 17.7. The third-order valence-electron chi connectivity index (χ3n) is 5.02. The summed E-state index contributed by atoms with van der Waals surface area (Å²) in [6.45, 7) is -2.38. The van der Waals surface area contributed by atoms with Crippen molar-refractivity contribution in [2.75, 3.05) is 0 Å². The first-order valence-corrected chi connectivity index (χ1v) is 9.02. The minimum absolute atomic E-state index is 0.0835. The summed E-state index contributed by atoms with van der Waals surface area (Å²) in [5.41, 5.74) is 3.50. The molecule has 6 heteroatoms. The average Bonchev–Trinajstić information content (AvgIpc) is 2.65. The number of hydrogen-bond acceptors (Lipinski definition) is 3. The second kappa shape index (κ2) is 7.48. The fourth-order valence-electron chi connectivity index (χ4n) is 3.74. The number of para-hydroxylation sites is 1. The molecule has 2 N–H and O–H groups in total. The topological polar surface area (TPSA) is 54.1 Å². The first-order chi connectivity index (χ1) is 13.1. The van der Waals surface area contributed by atoms with Gasteiger partial charge in [0.05, 0.1) is 0 Å². The van der Waals surface area contributed by atoms with Crippen molar-refractivity contribution in [2.45, 2.75) is 38.5 Å². The number of pyridine rings is 1. The van der Waals surface area contributed by atoms with Gasteiger partial charge in [0, 0.05) is 23.7 Å². The Morgan fingerprint density at radius 3 is 2.89 bits per heavy atom. The summed E-state index contributed by atoms with van der Waals surface area (Å²) >= 11 is 0. The highest BCUT2D eigenvalue weighted by Crippen LogP contribution is 2.32. The van der Waals surface area contributed by atoms with Crippen LogP contribution < -0.4 is 15.6 Å². The number of rotatable bonds is 5. The number of aromatic nitrogens is 1. The second-order valence-corrected chi connectivity index (χ2v) is 6.78. The number of ether oxygens (including phenoxy) is 1. The monoisotopic (exact) mass is 370 g/mol. The highest BCUT2D eigenvalue weighted by molar-refractivity contribution is 5.78. The minimum Gasteiger partial charge on any atom is -0.435 e. The van der Waals surface area contributed by atoms with Crippen LogP contribution in [0.1, 0.15) is 35.6 Å². The predicted octanol–water partition coefficient (Wildman–Crippen LogP) is 4.30. The van der Waals surface area contributed by atoms with Gasteiger partial charge in [0.25, 0.3) is 5.56 Å². The van der Waals surface area contributed by atoms with Gasteiger partial charge in [-0.25, -0.2) is 0 Å². The summed E-state index contributed by atoms with van der Waals surface area (Å²) in [6.07, 6.45) is 2.73. The molecule has 1 aromatic heterocycles. The Kier molecular flexibility index (Phi) is 4.90. The lowest BCUT2D eigenvalue weighted by molar-refractivity contribution is -0.0499. The molecule has 3 aromatic rings. The minimum atomic E-state index is -2.82. The van der Waals surface area contributed by atoms with Crippen LogP contribution >= 0.6 is 0 Å². The van der Waals surface area contributed by atoms with Gasteiger partial charge in [-0.15, -0.1) is 0 Å². The number of aromatic amines is 1. The summed E-state index contributed by atoms with van der Waals surface area (Å²) in [5, 5.41) is 4.44. The van der Waals surface area contributed by atoms with Gasteiger partial charge in [-0.2, -0.15) is 8.78 Å². The lowest BCUT2D eigenvalue weighted by Crippen LogP contribution is -2.27. The summed E-state index contributed by atoms with van der Waals surface area (Å²) in [5.74, 6) is 0.190. The zero-order chi connectivity index (χ0) is 18.8. The maximum Gasteiger partial charge on any atom is 0.387 e. The normalized spacial score (nSPS) is 16.5. The molecule has 0 radical (unpaired) electrons. The van der Waals surface area contributed by atoms with Crippen LogP contribution in [0, 0.1) is 0 Å². The molecular formula is C21H20F2N2O2. The Bertz CT molecular complexity index is 1020. The van der Waals surface area contributed by atoms with E-state index in [9.17, 15) is 13.6 Å². The number of halogens is 2. The third-order valence-corrected chi connectivity index (χ3v) is 5.02. The summed E-state index contributed by atoms with van der Waals surface area (Å²) in [6, 6.07) is 14.8. The van der Waals surface area contributed by atoms with E-state index in [1.165, 1.54) is 0 Å². The predicted molar refractivity (Wildman–Crippen MR) is 100 cm³/mol.